The van der Waals surface area contributed by atoms with Crippen LogP contribution in [0, 0.1) is 0 Å². The second kappa shape index (κ2) is 5.04. The Kier molecular flexibility index (Phi) is 3.54. The summed E-state index contributed by atoms with van der Waals surface area (Å²) < 4.78 is 6.89. The van der Waals surface area contributed by atoms with Crippen LogP contribution in [0.5, 0.6) is 0 Å². The zero-order valence-electron chi connectivity index (χ0n) is 12.5. The molecular formula is C13H16N4O4. The molecule has 0 spiro atoms. The molecule has 0 radical (unpaired) electrons. The van der Waals surface area contributed by atoms with Crippen molar-refractivity contribution in [3.63, 3.8) is 0 Å². The third-order valence-electron chi connectivity index (χ3n) is 3.26. The molecule has 112 valence electrons. The maximum absolute atomic E-state index is 12.3. The second-order valence-electron chi connectivity index (χ2n) is 4.82. The van der Waals surface area contributed by atoms with E-state index >= 15 is 0 Å². The van der Waals surface area contributed by atoms with Crippen LogP contribution in [0.3, 0.4) is 0 Å². The van der Waals surface area contributed by atoms with Crippen LogP contribution in [0.1, 0.15) is 10.4 Å². The summed E-state index contributed by atoms with van der Waals surface area (Å²) in [4.78, 5) is 42.2. The molecule has 2 heterocycles. The molecule has 21 heavy (non-hydrogen) atoms. The van der Waals surface area contributed by atoms with E-state index in [2.05, 4.69) is 4.98 Å². The number of ether oxygens (including phenoxy) is 1. The lowest BCUT2D eigenvalue weighted by molar-refractivity contribution is 0.0603. The van der Waals surface area contributed by atoms with Gasteiger partial charge in [-0.15, -0.1) is 0 Å². The van der Waals surface area contributed by atoms with Gasteiger partial charge >= 0.3 is 11.7 Å². The minimum absolute atomic E-state index is 0.0667. The molecule has 0 unspecified atom stereocenters. The largest absolute Gasteiger partial charge is 0.465 e. The third-order valence-corrected chi connectivity index (χ3v) is 3.26. The van der Waals surface area contributed by atoms with E-state index in [-0.39, 0.29) is 16.6 Å². The van der Waals surface area contributed by atoms with Crippen molar-refractivity contribution in [1.29, 1.82) is 0 Å². The van der Waals surface area contributed by atoms with Crippen LogP contribution in [0.25, 0.3) is 11.0 Å². The molecule has 0 aliphatic carbocycles. The van der Waals surface area contributed by atoms with Crippen molar-refractivity contribution in [2.75, 3.05) is 26.1 Å². The van der Waals surface area contributed by atoms with Gasteiger partial charge in [0.15, 0.2) is 5.65 Å². The summed E-state index contributed by atoms with van der Waals surface area (Å²) in [6.07, 6.45) is 0. The Balaban J connectivity index is 3.10. The number of carbonyl (C=O) groups is 1. The lowest BCUT2D eigenvalue weighted by Crippen LogP contribution is -2.38. The quantitative estimate of drug-likeness (QED) is 0.693. The summed E-state index contributed by atoms with van der Waals surface area (Å²) in [5, 5.41) is 0.0667. The van der Waals surface area contributed by atoms with Gasteiger partial charge < -0.3 is 9.64 Å². The van der Waals surface area contributed by atoms with Crippen molar-refractivity contribution in [2.45, 2.75) is 0 Å². The van der Waals surface area contributed by atoms with Crippen molar-refractivity contribution in [3.8, 4) is 0 Å². The molecule has 2 rings (SSSR count). The number of pyridine rings is 1. The van der Waals surface area contributed by atoms with E-state index in [0.29, 0.717) is 5.82 Å². The van der Waals surface area contributed by atoms with Gasteiger partial charge in [0.25, 0.3) is 5.56 Å². The fourth-order valence-electron chi connectivity index (χ4n) is 2.04. The summed E-state index contributed by atoms with van der Waals surface area (Å²) >= 11 is 0. The van der Waals surface area contributed by atoms with E-state index < -0.39 is 17.2 Å². The molecule has 2 aromatic heterocycles. The van der Waals surface area contributed by atoms with Crippen LogP contribution in [0.15, 0.2) is 15.7 Å². The second-order valence-corrected chi connectivity index (χ2v) is 4.82. The maximum atomic E-state index is 12.3. The minimum Gasteiger partial charge on any atom is -0.465 e. The first-order chi connectivity index (χ1) is 9.79. The van der Waals surface area contributed by atoms with E-state index in [9.17, 15) is 14.4 Å². The molecule has 0 saturated heterocycles. The van der Waals surface area contributed by atoms with E-state index in [1.54, 1.807) is 19.0 Å². The smallest absolute Gasteiger partial charge is 0.338 e. The highest BCUT2D eigenvalue weighted by Crippen LogP contribution is 2.19. The first-order valence-corrected chi connectivity index (χ1v) is 6.16. The molecule has 0 amide bonds. The number of aromatic nitrogens is 3. The summed E-state index contributed by atoms with van der Waals surface area (Å²) in [5.74, 6) is -0.201. The van der Waals surface area contributed by atoms with E-state index in [0.717, 1.165) is 4.57 Å². The minimum atomic E-state index is -0.652. The van der Waals surface area contributed by atoms with Gasteiger partial charge in [-0.25, -0.2) is 14.6 Å². The molecule has 0 saturated carbocycles. The van der Waals surface area contributed by atoms with E-state index in [4.69, 9.17) is 4.74 Å². The van der Waals surface area contributed by atoms with Crippen LogP contribution >= 0.6 is 0 Å². The molecule has 0 atom stereocenters. The Morgan fingerprint density at radius 3 is 2.38 bits per heavy atom. The van der Waals surface area contributed by atoms with Crippen molar-refractivity contribution in [1.82, 2.24) is 14.1 Å². The highest BCUT2D eigenvalue weighted by molar-refractivity contribution is 6.03. The molecule has 8 nitrogen and oxygen atoms in total. The van der Waals surface area contributed by atoms with Crippen molar-refractivity contribution >= 4 is 22.8 Å². The zero-order chi connectivity index (χ0) is 15.9. The van der Waals surface area contributed by atoms with Crippen LogP contribution in [-0.4, -0.2) is 41.3 Å². The molecule has 2 aromatic rings. The highest BCUT2D eigenvalue weighted by atomic mass is 16.5. The normalized spacial score (nSPS) is 10.7. The summed E-state index contributed by atoms with van der Waals surface area (Å²) in [6.45, 7) is 0. The lowest BCUT2D eigenvalue weighted by Gasteiger charge is -2.15. The first-order valence-electron chi connectivity index (χ1n) is 6.16. The zero-order valence-corrected chi connectivity index (χ0v) is 12.5. The van der Waals surface area contributed by atoms with Gasteiger partial charge in [0, 0.05) is 28.2 Å². The number of hydrogen-bond donors (Lipinski definition) is 0. The number of carbonyl (C=O) groups excluding carboxylic acids is 1. The van der Waals surface area contributed by atoms with Crippen LogP contribution in [0.2, 0.25) is 0 Å². The van der Waals surface area contributed by atoms with Gasteiger partial charge in [0.2, 0.25) is 0 Å². The summed E-state index contributed by atoms with van der Waals surface area (Å²) in [7, 11) is 7.57. The molecule has 0 aliphatic rings. The van der Waals surface area contributed by atoms with Crippen LogP contribution < -0.4 is 16.1 Å². The third kappa shape index (κ3) is 2.18. The van der Waals surface area contributed by atoms with Crippen molar-refractivity contribution in [3.05, 3.63) is 32.5 Å². The van der Waals surface area contributed by atoms with Gasteiger partial charge in [0.1, 0.15) is 5.82 Å². The van der Waals surface area contributed by atoms with E-state index in [1.165, 1.54) is 31.8 Å². The Labute approximate surface area is 120 Å². The topological polar surface area (TPSA) is 86.4 Å². The fraction of sp³-hybridized carbons (Fsp3) is 0.385. The number of nitrogens with zero attached hydrogens (tertiary/aromatic N) is 4. The molecule has 0 aliphatic heterocycles. The summed E-state index contributed by atoms with van der Waals surface area (Å²) in [6, 6.07) is 1.47. The van der Waals surface area contributed by atoms with Gasteiger partial charge in [0.05, 0.1) is 18.1 Å². The Morgan fingerprint density at radius 2 is 1.86 bits per heavy atom. The van der Waals surface area contributed by atoms with Crippen LogP contribution in [0.4, 0.5) is 5.82 Å². The van der Waals surface area contributed by atoms with Gasteiger partial charge in [-0.3, -0.25) is 13.9 Å². The highest BCUT2D eigenvalue weighted by Gasteiger charge is 2.20. The number of esters is 1. The standard InChI is InChI=1S/C13H16N4O4/c1-15(2)8-6-7(12(19)21-5)9-10(14-8)16(3)13(20)17(4)11(9)18/h6H,1-5H3. The number of methoxy groups -OCH3 is 1. The Hall–Kier alpha value is -2.64. The fourth-order valence-corrected chi connectivity index (χ4v) is 2.04. The number of rotatable bonds is 2. The van der Waals surface area contributed by atoms with Crippen molar-refractivity contribution < 1.29 is 9.53 Å². The predicted molar refractivity (Wildman–Crippen MR) is 77.9 cm³/mol. The first kappa shape index (κ1) is 14.8. The number of fused-ring (bicyclic) bond motifs is 1. The predicted octanol–water partition coefficient (Wildman–Crippen LogP) is -0.515. The number of hydrogen-bond acceptors (Lipinski definition) is 6. The molecule has 8 heteroatoms. The Bertz CT molecular complexity index is 848. The monoisotopic (exact) mass is 292 g/mol. The molecule has 0 N–H and O–H groups in total. The van der Waals surface area contributed by atoms with Gasteiger partial charge in [-0.1, -0.05) is 0 Å². The maximum Gasteiger partial charge on any atom is 0.338 e. The summed E-state index contributed by atoms with van der Waals surface area (Å²) in [5.41, 5.74) is -0.852. The van der Waals surface area contributed by atoms with Crippen LogP contribution in [-0.2, 0) is 18.8 Å². The van der Waals surface area contributed by atoms with Crippen molar-refractivity contribution in [2.24, 2.45) is 14.1 Å². The Morgan fingerprint density at radius 1 is 1.24 bits per heavy atom. The molecule has 0 aromatic carbocycles. The average molecular weight is 292 g/mol. The molecule has 0 fully saturated rings. The van der Waals surface area contributed by atoms with Gasteiger partial charge in [-0.05, 0) is 6.07 Å². The van der Waals surface area contributed by atoms with E-state index in [1.807, 2.05) is 0 Å². The SMILES string of the molecule is COC(=O)c1cc(N(C)C)nc2c1c(=O)n(C)c(=O)n2C. The molecule has 0 bridgehead atoms. The molecular weight excluding hydrogens is 276 g/mol. The lowest BCUT2D eigenvalue weighted by atomic mass is 10.1. The number of aryl methyl sites for hydroxylation is 1. The average Bonchev–Trinajstić information content (AvgIpc) is 2.48. The number of anilines is 1. The van der Waals surface area contributed by atoms with Gasteiger partial charge in [-0.2, -0.15) is 0 Å².